The Morgan fingerprint density at radius 3 is 2.41 bits per heavy atom. The number of benzene rings is 3. The largest absolute Gasteiger partial charge is 0.456 e. The van der Waals surface area contributed by atoms with E-state index in [1.165, 1.54) is 31.2 Å². The van der Waals surface area contributed by atoms with E-state index in [0.29, 0.717) is 18.1 Å². The van der Waals surface area contributed by atoms with E-state index in [1.807, 2.05) is 0 Å². The number of ether oxygens (including phenoxy) is 1. The van der Waals surface area contributed by atoms with Crippen LogP contribution in [-0.2, 0) is 11.0 Å². The molecule has 0 saturated carbocycles. The average Bonchev–Trinajstić information content (AvgIpc) is 3.32. The molecule has 0 aromatic heterocycles. The molecule has 1 unspecified atom stereocenters. The van der Waals surface area contributed by atoms with Gasteiger partial charge in [-0.1, -0.05) is 0 Å². The zero-order chi connectivity index (χ0) is 26.9. The van der Waals surface area contributed by atoms with E-state index in [0.717, 1.165) is 24.3 Å². The molecule has 1 atom stereocenters. The molecular weight excluding hydrogens is 497 g/mol. The minimum Gasteiger partial charge on any atom is -0.456 e. The molecule has 3 aromatic carbocycles. The maximum Gasteiger partial charge on any atom is 0.416 e. The molecule has 2 amide bonds. The summed E-state index contributed by atoms with van der Waals surface area (Å²) in [5.41, 5.74) is 4.48. The van der Waals surface area contributed by atoms with E-state index in [2.05, 4.69) is 10.3 Å². The van der Waals surface area contributed by atoms with E-state index >= 15 is 0 Å². The van der Waals surface area contributed by atoms with Crippen molar-refractivity contribution in [1.29, 1.82) is 0 Å². The minimum absolute atomic E-state index is 0.0315. The van der Waals surface area contributed by atoms with Crippen LogP contribution in [0, 0.1) is 18.6 Å². The number of primary amides is 1. The Labute approximate surface area is 208 Å². The second-order valence-electron chi connectivity index (χ2n) is 8.40. The second kappa shape index (κ2) is 10.00. The first-order valence-electron chi connectivity index (χ1n) is 11.0. The van der Waals surface area contributed by atoms with Crippen molar-refractivity contribution >= 4 is 23.2 Å². The molecule has 0 spiro atoms. The normalized spacial score (nSPS) is 15.3. The topological polar surface area (TPSA) is 93.8 Å². The number of halogens is 5. The van der Waals surface area contributed by atoms with Crippen LogP contribution in [0.5, 0.6) is 11.5 Å². The molecule has 0 fully saturated rings. The lowest BCUT2D eigenvalue weighted by Crippen LogP contribution is -2.24. The molecule has 3 N–H and O–H groups in total. The summed E-state index contributed by atoms with van der Waals surface area (Å²) in [5, 5.41) is 2.45. The fourth-order valence-corrected chi connectivity index (χ4v) is 3.84. The Bertz CT molecular complexity index is 1420. The van der Waals surface area contributed by atoms with Gasteiger partial charge in [0.2, 0.25) is 5.91 Å². The maximum absolute atomic E-state index is 14.5. The lowest BCUT2D eigenvalue weighted by molar-refractivity contribution is -0.137. The summed E-state index contributed by atoms with van der Waals surface area (Å²) < 4.78 is 73.7. The lowest BCUT2D eigenvalue weighted by Gasteiger charge is -2.16. The minimum atomic E-state index is -4.74. The summed E-state index contributed by atoms with van der Waals surface area (Å²) in [6.45, 7) is 1.54. The predicted molar refractivity (Wildman–Crippen MR) is 126 cm³/mol. The molecule has 0 radical (unpaired) electrons. The number of amides is 2. The Kier molecular flexibility index (Phi) is 6.97. The number of nitrogens with one attached hydrogen (secondary N) is 1. The van der Waals surface area contributed by atoms with Crippen LogP contribution in [0.4, 0.5) is 27.6 Å². The number of carbonyl (C=O) groups is 2. The molecule has 0 aliphatic carbocycles. The van der Waals surface area contributed by atoms with Gasteiger partial charge in [0.25, 0.3) is 5.91 Å². The molecule has 37 heavy (non-hydrogen) atoms. The number of alkyl halides is 3. The van der Waals surface area contributed by atoms with Gasteiger partial charge in [0.15, 0.2) is 0 Å². The quantitative estimate of drug-likeness (QED) is 0.407. The molecule has 192 valence electrons. The molecule has 1 heterocycles. The highest BCUT2D eigenvalue weighted by Gasteiger charge is 2.32. The van der Waals surface area contributed by atoms with Crippen LogP contribution in [-0.4, -0.2) is 23.6 Å². The second-order valence-corrected chi connectivity index (χ2v) is 8.40. The highest BCUT2D eigenvalue weighted by Crippen LogP contribution is 2.35. The monoisotopic (exact) mass is 517 g/mol. The van der Waals surface area contributed by atoms with Crippen LogP contribution in [0.25, 0.3) is 0 Å². The fourth-order valence-electron chi connectivity index (χ4n) is 3.84. The summed E-state index contributed by atoms with van der Waals surface area (Å²) in [5.74, 6) is -2.85. The molecule has 3 aromatic rings. The summed E-state index contributed by atoms with van der Waals surface area (Å²) in [6, 6.07) is 8.74. The number of hydrogen-bond donors (Lipinski definition) is 2. The number of nitrogens with two attached hydrogens (primary N) is 1. The highest BCUT2D eigenvalue weighted by molar-refractivity contribution is 6.08. The van der Waals surface area contributed by atoms with E-state index in [1.54, 1.807) is 0 Å². The van der Waals surface area contributed by atoms with E-state index in [4.69, 9.17) is 10.5 Å². The summed E-state index contributed by atoms with van der Waals surface area (Å²) in [4.78, 5) is 28.6. The SMILES string of the molecule is Cc1cc(F)ccc1Oc1ccc(C(F)(F)F)cc1C(=O)Nc1ccc(F)c(C2=NC(C(N)=O)CC2)c1. The third kappa shape index (κ3) is 5.76. The first-order valence-corrected chi connectivity index (χ1v) is 11.0. The zero-order valence-electron chi connectivity index (χ0n) is 19.3. The Morgan fingerprint density at radius 2 is 1.76 bits per heavy atom. The molecule has 1 aliphatic rings. The van der Waals surface area contributed by atoms with Gasteiger partial charge < -0.3 is 15.8 Å². The van der Waals surface area contributed by atoms with Crippen LogP contribution in [0.1, 0.15) is 39.9 Å². The predicted octanol–water partition coefficient (Wildman–Crippen LogP) is 5.77. The molecule has 0 saturated heterocycles. The van der Waals surface area contributed by atoms with Crippen molar-refractivity contribution in [2.24, 2.45) is 10.7 Å². The highest BCUT2D eigenvalue weighted by atomic mass is 19.4. The molecule has 1 aliphatic heterocycles. The van der Waals surface area contributed by atoms with Gasteiger partial charge in [-0.05, 0) is 79.9 Å². The Morgan fingerprint density at radius 1 is 1.03 bits per heavy atom. The van der Waals surface area contributed by atoms with Gasteiger partial charge in [0, 0.05) is 17.0 Å². The van der Waals surface area contributed by atoms with Gasteiger partial charge in [0.1, 0.15) is 29.2 Å². The maximum atomic E-state index is 14.5. The molecule has 0 bridgehead atoms. The molecule has 6 nitrogen and oxygen atoms in total. The summed E-state index contributed by atoms with van der Waals surface area (Å²) >= 11 is 0. The first-order chi connectivity index (χ1) is 17.4. The van der Waals surface area contributed by atoms with E-state index in [9.17, 15) is 31.5 Å². The van der Waals surface area contributed by atoms with Crippen molar-refractivity contribution in [2.75, 3.05) is 5.32 Å². The molecule has 4 rings (SSSR count). The summed E-state index contributed by atoms with van der Waals surface area (Å²) in [6.07, 6.45) is -4.14. The van der Waals surface area contributed by atoms with Gasteiger partial charge in [-0.15, -0.1) is 0 Å². The van der Waals surface area contributed by atoms with Crippen LogP contribution < -0.4 is 15.8 Å². The van der Waals surface area contributed by atoms with E-state index < -0.39 is 46.8 Å². The summed E-state index contributed by atoms with van der Waals surface area (Å²) in [7, 11) is 0. The molecular formula is C26H20F5N3O3. The number of carbonyl (C=O) groups excluding carboxylic acids is 2. The van der Waals surface area contributed by atoms with Gasteiger partial charge in [-0.25, -0.2) is 8.78 Å². The average molecular weight is 517 g/mol. The van der Waals surface area contributed by atoms with E-state index in [-0.39, 0.29) is 34.9 Å². The van der Waals surface area contributed by atoms with Gasteiger partial charge in [-0.3, -0.25) is 14.6 Å². The number of aryl methyl sites for hydroxylation is 1. The standard InChI is InChI=1S/C26H20F5N3O3/c1-13-10-15(27)3-9-22(13)37-23-8-2-14(26(29,30)31)11-18(23)25(36)33-16-4-5-19(28)17(12-16)20-6-7-21(34-20)24(32)35/h2-5,8-12,21H,6-7H2,1H3,(H2,32,35)(H,33,36). The van der Waals surface area contributed by atoms with Crippen molar-refractivity contribution in [1.82, 2.24) is 0 Å². The van der Waals surface area contributed by atoms with Crippen molar-refractivity contribution in [2.45, 2.75) is 32.0 Å². The number of rotatable bonds is 6. The fraction of sp³-hybridized carbons (Fsp3) is 0.192. The number of hydrogen-bond acceptors (Lipinski definition) is 4. The van der Waals surface area contributed by atoms with Crippen LogP contribution >= 0.6 is 0 Å². The van der Waals surface area contributed by atoms with Gasteiger partial charge in [0.05, 0.1) is 11.1 Å². The van der Waals surface area contributed by atoms with Crippen molar-refractivity contribution in [3.63, 3.8) is 0 Å². The smallest absolute Gasteiger partial charge is 0.416 e. The van der Waals surface area contributed by atoms with Crippen LogP contribution in [0.2, 0.25) is 0 Å². The van der Waals surface area contributed by atoms with Crippen molar-refractivity contribution in [3.05, 3.63) is 88.5 Å². The lowest BCUT2D eigenvalue weighted by atomic mass is 10.0. The number of anilines is 1. The third-order valence-electron chi connectivity index (χ3n) is 5.74. The first kappa shape index (κ1) is 25.8. The van der Waals surface area contributed by atoms with Crippen molar-refractivity contribution in [3.8, 4) is 11.5 Å². The molecule has 11 heteroatoms. The Balaban J connectivity index is 1.67. The van der Waals surface area contributed by atoms with Crippen LogP contribution in [0.15, 0.2) is 59.6 Å². The Hall–Kier alpha value is -4.28. The van der Waals surface area contributed by atoms with Gasteiger partial charge >= 0.3 is 6.18 Å². The van der Waals surface area contributed by atoms with Gasteiger partial charge in [-0.2, -0.15) is 13.2 Å². The zero-order valence-corrected chi connectivity index (χ0v) is 19.3. The third-order valence-corrected chi connectivity index (χ3v) is 5.74. The van der Waals surface area contributed by atoms with Crippen molar-refractivity contribution < 1.29 is 36.3 Å². The number of aliphatic imine (C=N–C) groups is 1. The number of nitrogens with zero attached hydrogens (tertiary/aromatic N) is 1. The van der Waals surface area contributed by atoms with Crippen LogP contribution in [0.3, 0.4) is 0 Å².